The normalized spacial score (nSPS) is 11.0. The molecule has 1 heterocycles. The number of rotatable bonds is 2. The van der Waals surface area contributed by atoms with Crippen LogP contribution in [0.25, 0.3) is 10.2 Å². The molecule has 3 aromatic rings. The molecule has 3 rings (SSSR count). The Bertz CT molecular complexity index is 780. The SMILES string of the molecule is Cc1ccc2sc(Nc3c(Cl)cc(F)cc3Br)nc2c1. The third kappa shape index (κ3) is 2.66. The quantitative estimate of drug-likeness (QED) is 0.606. The molecule has 102 valence electrons. The number of halogens is 3. The molecular formula is C14H9BrClFN2S. The number of nitrogens with zero attached hydrogens (tertiary/aromatic N) is 1. The lowest BCUT2D eigenvalue weighted by atomic mass is 10.2. The minimum Gasteiger partial charge on any atom is -0.329 e. The van der Waals surface area contributed by atoms with Gasteiger partial charge in [-0.25, -0.2) is 9.37 Å². The van der Waals surface area contributed by atoms with Gasteiger partial charge in [0.2, 0.25) is 0 Å². The first-order chi connectivity index (χ1) is 9.52. The predicted octanol–water partition coefficient (Wildman–Crippen LogP) is 5.90. The van der Waals surface area contributed by atoms with Crippen LogP contribution in [-0.2, 0) is 0 Å². The number of fused-ring (bicyclic) bond motifs is 1. The average Bonchev–Trinajstić information content (AvgIpc) is 2.75. The van der Waals surface area contributed by atoms with Crippen LogP contribution in [0.1, 0.15) is 5.56 Å². The van der Waals surface area contributed by atoms with Crippen molar-refractivity contribution in [3.63, 3.8) is 0 Å². The van der Waals surface area contributed by atoms with Crippen molar-refractivity contribution in [3.8, 4) is 0 Å². The van der Waals surface area contributed by atoms with E-state index in [0.717, 1.165) is 20.9 Å². The molecule has 0 aliphatic rings. The fourth-order valence-electron chi connectivity index (χ4n) is 1.86. The van der Waals surface area contributed by atoms with Crippen molar-refractivity contribution < 1.29 is 4.39 Å². The molecule has 6 heteroatoms. The number of hydrogen-bond donors (Lipinski definition) is 1. The second kappa shape index (κ2) is 5.31. The molecule has 1 aromatic heterocycles. The Morgan fingerprint density at radius 3 is 2.85 bits per heavy atom. The number of nitrogens with one attached hydrogen (secondary N) is 1. The largest absolute Gasteiger partial charge is 0.329 e. The Hall–Kier alpha value is -1.17. The van der Waals surface area contributed by atoms with Crippen LogP contribution in [0.2, 0.25) is 5.02 Å². The van der Waals surface area contributed by atoms with Gasteiger partial charge in [-0.3, -0.25) is 0 Å². The van der Waals surface area contributed by atoms with E-state index in [9.17, 15) is 4.39 Å². The third-order valence-corrected chi connectivity index (χ3v) is 4.66. The molecular weight excluding hydrogens is 363 g/mol. The zero-order chi connectivity index (χ0) is 14.3. The van der Waals surface area contributed by atoms with E-state index in [4.69, 9.17) is 11.6 Å². The summed E-state index contributed by atoms with van der Waals surface area (Å²) in [6.07, 6.45) is 0. The highest BCUT2D eigenvalue weighted by atomic mass is 79.9. The number of benzene rings is 2. The summed E-state index contributed by atoms with van der Waals surface area (Å²) in [5, 5.41) is 4.17. The Balaban J connectivity index is 2.01. The zero-order valence-electron chi connectivity index (χ0n) is 10.4. The second-order valence-electron chi connectivity index (χ2n) is 4.36. The lowest BCUT2D eigenvalue weighted by Gasteiger charge is -2.07. The smallest absolute Gasteiger partial charge is 0.188 e. The predicted molar refractivity (Wildman–Crippen MR) is 86.7 cm³/mol. The first kappa shape index (κ1) is 13.8. The van der Waals surface area contributed by atoms with Gasteiger partial charge in [0.05, 0.1) is 20.9 Å². The van der Waals surface area contributed by atoms with E-state index >= 15 is 0 Å². The van der Waals surface area contributed by atoms with E-state index in [-0.39, 0.29) is 5.82 Å². The minimum absolute atomic E-state index is 0.312. The number of aryl methyl sites for hydroxylation is 1. The first-order valence-corrected chi connectivity index (χ1v) is 7.80. The van der Waals surface area contributed by atoms with Crippen molar-refractivity contribution in [2.75, 3.05) is 5.32 Å². The standard InChI is InChI=1S/C14H9BrClFN2S/c1-7-2-3-12-11(4-7)18-14(20-12)19-13-9(15)5-8(17)6-10(13)16/h2-6H,1H3,(H,18,19). The fraction of sp³-hybridized carbons (Fsp3) is 0.0714. The Kier molecular flexibility index (Phi) is 3.67. The molecule has 1 N–H and O–H groups in total. The van der Waals surface area contributed by atoms with Crippen molar-refractivity contribution >= 4 is 59.9 Å². The Labute approximate surface area is 132 Å². The summed E-state index contributed by atoms with van der Waals surface area (Å²) >= 11 is 10.9. The third-order valence-electron chi connectivity index (χ3n) is 2.78. The highest BCUT2D eigenvalue weighted by Gasteiger charge is 2.11. The molecule has 0 saturated heterocycles. The van der Waals surface area contributed by atoms with Crippen LogP contribution in [0.15, 0.2) is 34.8 Å². The molecule has 0 unspecified atom stereocenters. The summed E-state index contributed by atoms with van der Waals surface area (Å²) in [5.74, 6) is -0.382. The Morgan fingerprint density at radius 1 is 1.30 bits per heavy atom. The van der Waals surface area contributed by atoms with Gasteiger partial charge in [-0.2, -0.15) is 0 Å². The van der Waals surface area contributed by atoms with Crippen LogP contribution in [-0.4, -0.2) is 4.98 Å². The van der Waals surface area contributed by atoms with Crippen LogP contribution in [0, 0.1) is 12.7 Å². The maximum absolute atomic E-state index is 13.2. The summed E-state index contributed by atoms with van der Waals surface area (Å²) in [6.45, 7) is 2.03. The number of aromatic nitrogens is 1. The molecule has 20 heavy (non-hydrogen) atoms. The van der Waals surface area contributed by atoms with E-state index in [1.807, 2.05) is 25.1 Å². The van der Waals surface area contributed by atoms with Gasteiger partial charge in [0.15, 0.2) is 5.13 Å². The second-order valence-corrected chi connectivity index (χ2v) is 6.65. The van der Waals surface area contributed by atoms with Crippen LogP contribution in [0.3, 0.4) is 0 Å². The fourth-order valence-corrected chi connectivity index (χ4v) is 3.61. The van der Waals surface area contributed by atoms with Crippen LogP contribution < -0.4 is 5.32 Å². The molecule has 0 radical (unpaired) electrons. The van der Waals surface area contributed by atoms with Gasteiger partial charge in [-0.05, 0) is 52.7 Å². The molecule has 0 aliphatic carbocycles. The summed E-state index contributed by atoms with van der Waals surface area (Å²) in [7, 11) is 0. The van der Waals surface area contributed by atoms with Gasteiger partial charge >= 0.3 is 0 Å². The van der Waals surface area contributed by atoms with Gasteiger partial charge in [0.25, 0.3) is 0 Å². The number of hydrogen-bond acceptors (Lipinski definition) is 3. The molecule has 2 aromatic carbocycles. The maximum Gasteiger partial charge on any atom is 0.188 e. The lowest BCUT2D eigenvalue weighted by Crippen LogP contribution is -1.92. The van der Waals surface area contributed by atoms with Gasteiger partial charge < -0.3 is 5.32 Å². The number of thiazole rings is 1. The molecule has 0 saturated carbocycles. The van der Waals surface area contributed by atoms with Crippen LogP contribution >= 0.6 is 38.9 Å². The maximum atomic E-state index is 13.2. The molecule has 0 atom stereocenters. The summed E-state index contributed by atoms with van der Waals surface area (Å²) in [4.78, 5) is 4.51. The van der Waals surface area contributed by atoms with E-state index in [1.165, 1.54) is 23.5 Å². The van der Waals surface area contributed by atoms with Crippen molar-refractivity contribution in [1.29, 1.82) is 0 Å². The molecule has 0 bridgehead atoms. The van der Waals surface area contributed by atoms with Gasteiger partial charge in [-0.15, -0.1) is 0 Å². The Morgan fingerprint density at radius 2 is 2.10 bits per heavy atom. The molecule has 2 nitrogen and oxygen atoms in total. The lowest BCUT2D eigenvalue weighted by molar-refractivity contribution is 0.627. The molecule has 0 aliphatic heterocycles. The minimum atomic E-state index is -0.382. The van der Waals surface area contributed by atoms with E-state index in [1.54, 1.807) is 0 Å². The molecule has 0 spiro atoms. The monoisotopic (exact) mass is 370 g/mol. The van der Waals surface area contributed by atoms with Gasteiger partial charge in [0.1, 0.15) is 5.82 Å². The summed E-state index contributed by atoms with van der Waals surface area (Å²) in [6, 6.07) is 8.75. The van der Waals surface area contributed by atoms with Gasteiger partial charge in [0, 0.05) is 4.47 Å². The molecule has 0 amide bonds. The summed E-state index contributed by atoms with van der Waals surface area (Å²) in [5.41, 5.74) is 2.71. The summed E-state index contributed by atoms with van der Waals surface area (Å²) < 4.78 is 14.9. The van der Waals surface area contributed by atoms with Gasteiger partial charge in [-0.1, -0.05) is 29.0 Å². The zero-order valence-corrected chi connectivity index (χ0v) is 13.5. The van der Waals surface area contributed by atoms with E-state index in [0.29, 0.717) is 15.2 Å². The highest BCUT2D eigenvalue weighted by Crippen LogP contribution is 2.36. The highest BCUT2D eigenvalue weighted by molar-refractivity contribution is 9.10. The molecule has 0 fully saturated rings. The average molecular weight is 372 g/mol. The first-order valence-electron chi connectivity index (χ1n) is 5.82. The van der Waals surface area contributed by atoms with E-state index in [2.05, 4.69) is 26.2 Å². The number of anilines is 2. The topological polar surface area (TPSA) is 24.9 Å². The van der Waals surface area contributed by atoms with Crippen LogP contribution in [0.5, 0.6) is 0 Å². The van der Waals surface area contributed by atoms with Crippen molar-refractivity contribution in [1.82, 2.24) is 4.98 Å². The van der Waals surface area contributed by atoms with Crippen molar-refractivity contribution in [2.24, 2.45) is 0 Å². The van der Waals surface area contributed by atoms with Crippen molar-refractivity contribution in [3.05, 3.63) is 51.2 Å². The van der Waals surface area contributed by atoms with Crippen molar-refractivity contribution in [2.45, 2.75) is 6.92 Å². The van der Waals surface area contributed by atoms with Crippen LogP contribution in [0.4, 0.5) is 15.2 Å². The van der Waals surface area contributed by atoms with E-state index < -0.39 is 0 Å².